The molecule has 0 saturated heterocycles. The topological polar surface area (TPSA) is 20.2 Å². The van der Waals surface area contributed by atoms with Crippen LogP contribution in [0.25, 0.3) is 5.57 Å². The molecule has 0 radical (unpaired) electrons. The molecule has 1 saturated carbocycles. The SMILES string of the molecule is CCC(=C(c1ccccc1)c1ccc(O)cc1)C1CCCC1. The Morgan fingerprint density at radius 3 is 2.09 bits per heavy atom. The average Bonchev–Trinajstić information content (AvgIpc) is 3.08. The predicted octanol–water partition coefficient (Wildman–Crippen LogP) is 5.79. The number of aromatic hydroxyl groups is 1. The van der Waals surface area contributed by atoms with E-state index < -0.39 is 0 Å². The highest BCUT2D eigenvalue weighted by atomic mass is 16.3. The number of phenols is 1. The van der Waals surface area contributed by atoms with E-state index in [1.807, 2.05) is 12.1 Å². The van der Waals surface area contributed by atoms with Gasteiger partial charge in [-0.2, -0.15) is 0 Å². The van der Waals surface area contributed by atoms with Gasteiger partial charge in [0.05, 0.1) is 0 Å². The average molecular weight is 292 g/mol. The molecule has 1 aliphatic carbocycles. The molecule has 114 valence electrons. The van der Waals surface area contributed by atoms with E-state index in [4.69, 9.17) is 0 Å². The first-order valence-electron chi connectivity index (χ1n) is 8.37. The minimum Gasteiger partial charge on any atom is -0.508 e. The molecule has 3 rings (SSSR count). The summed E-state index contributed by atoms with van der Waals surface area (Å²) in [4.78, 5) is 0. The Morgan fingerprint density at radius 2 is 1.50 bits per heavy atom. The van der Waals surface area contributed by atoms with E-state index in [9.17, 15) is 5.11 Å². The van der Waals surface area contributed by atoms with Crippen LogP contribution in [0.15, 0.2) is 60.2 Å². The third-order valence-electron chi connectivity index (χ3n) is 4.77. The summed E-state index contributed by atoms with van der Waals surface area (Å²) >= 11 is 0. The molecule has 0 aromatic heterocycles. The summed E-state index contributed by atoms with van der Waals surface area (Å²) in [5.74, 6) is 1.05. The monoisotopic (exact) mass is 292 g/mol. The zero-order valence-corrected chi connectivity index (χ0v) is 13.3. The van der Waals surface area contributed by atoms with Crippen LogP contribution in [0.5, 0.6) is 5.75 Å². The summed E-state index contributed by atoms with van der Waals surface area (Å²) in [7, 11) is 0. The summed E-state index contributed by atoms with van der Waals surface area (Å²) < 4.78 is 0. The lowest BCUT2D eigenvalue weighted by atomic mass is 9.84. The fraction of sp³-hybridized carbons (Fsp3) is 0.333. The maximum absolute atomic E-state index is 9.60. The van der Waals surface area contributed by atoms with Crippen LogP contribution in [-0.2, 0) is 0 Å². The molecule has 1 heteroatoms. The van der Waals surface area contributed by atoms with Crippen molar-refractivity contribution < 1.29 is 5.11 Å². The Kier molecular flexibility index (Phi) is 4.62. The van der Waals surface area contributed by atoms with Gasteiger partial charge in [-0.3, -0.25) is 0 Å². The van der Waals surface area contributed by atoms with Gasteiger partial charge >= 0.3 is 0 Å². The van der Waals surface area contributed by atoms with E-state index in [1.165, 1.54) is 42.4 Å². The number of allylic oxidation sites excluding steroid dienone is 1. The van der Waals surface area contributed by atoms with Crippen LogP contribution >= 0.6 is 0 Å². The van der Waals surface area contributed by atoms with Gasteiger partial charge in [0.2, 0.25) is 0 Å². The van der Waals surface area contributed by atoms with Gasteiger partial charge in [0, 0.05) is 0 Å². The van der Waals surface area contributed by atoms with E-state index in [0.717, 1.165) is 6.42 Å². The van der Waals surface area contributed by atoms with E-state index >= 15 is 0 Å². The van der Waals surface area contributed by atoms with Crippen LogP contribution < -0.4 is 0 Å². The Labute approximate surface area is 133 Å². The van der Waals surface area contributed by atoms with Gasteiger partial charge in [-0.05, 0) is 54.0 Å². The number of phenolic OH excluding ortho intramolecular Hbond substituents is 1. The Balaban J connectivity index is 2.15. The molecule has 0 atom stereocenters. The molecular weight excluding hydrogens is 268 g/mol. The van der Waals surface area contributed by atoms with Crippen LogP contribution in [0.3, 0.4) is 0 Å². The van der Waals surface area contributed by atoms with Crippen LogP contribution in [-0.4, -0.2) is 5.11 Å². The fourth-order valence-corrected chi connectivity index (χ4v) is 3.71. The number of hydrogen-bond donors (Lipinski definition) is 1. The summed E-state index contributed by atoms with van der Waals surface area (Å²) in [5, 5.41) is 9.60. The van der Waals surface area contributed by atoms with Gasteiger partial charge in [0.15, 0.2) is 0 Å². The van der Waals surface area contributed by atoms with Gasteiger partial charge in [0.1, 0.15) is 5.75 Å². The number of rotatable bonds is 4. The van der Waals surface area contributed by atoms with Crippen LogP contribution in [0, 0.1) is 5.92 Å². The summed E-state index contributed by atoms with van der Waals surface area (Å²) in [5.41, 5.74) is 5.45. The lowest BCUT2D eigenvalue weighted by Gasteiger charge is -2.20. The minimum atomic E-state index is 0.329. The molecule has 1 nitrogen and oxygen atoms in total. The molecule has 0 spiro atoms. The second-order valence-electron chi connectivity index (χ2n) is 6.15. The van der Waals surface area contributed by atoms with E-state index in [-0.39, 0.29) is 0 Å². The highest BCUT2D eigenvalue weighted by Gasteiger charge is 2.22. The largest absolute Gasteiger partial charge is 0.508 e. The molecule has 0 unspecified atom stereocenters. The van der Waals surface area contributed by atoms with Crippen molar-refractivity contribution in [1.82, 2.24) is 0 Å². The molecule has 22 heavy (non-hydrogen) atoms. The standard InChI is InChI=1S/C21H24O/c1-2-20(16-8-6-7-9-16)21(17-10-4-3-5-11-17)18-12-14-19(22)15-13-18/h3-5,10-16,22H,2,6-9H2,1H3. The van der Waals surface area contributed by atoms with Crippen molar-refractivity contribution in [3.63, 3.8) is 0 Å². The highest BCUT2D eigenvalue weighted by molar-refractivity contribution is 5.82. The van der Waals surface area contributed by atoms with Gasteiger partial charge in [-0.25, -0.2) is 0 Å². The molecule has 0 amide bonds. The zero-order chi connectivity index (χ0) is 15.4. The summed E-state index contributed by atoms with van der Waals surface area (Å²) in [6.07, 6.45) is 6.43. The molecule has 0 heterocycles. The number of benzene rings is 2. The molecule has 1 aliphatic rings. The lowest BCUT2D eigenvalue weighted by molar-refractivity contribution is 0.475. The maximum atomic E-state index is 9.60. The Morgan fingerprint density at radius 1 is 0.909 bits per heavy atom. The Bertz CT molecular complexity index is 631. The lowest BCUT2D eigenvalue weighted by Crippen LogP contribution is -2.03. The van der Waals surface area contributed by atoms with E-state index in [2.05, 4.69) is 37.3 Å². The zero-order valence-electron chi connectivity index (χ0n) is 13.3. The molecule has 0 aliphatic heterocycles. The predicted molar refractivity (Wildman–Crippen MR) is 92.8 cm³/mol. The van der Waals surface area contributed by atoms with Crippen molar-refractivity contribution in [3.8, 4) is 5.75 Å². The fourth-order valence-electron chi connectivity index (χ4n) is 3.71. The third kappa shape index (κ3) is 3.09. The van der Waals surface area contributed by atoms with Gasteiger partial charge in [-0.15, -0.1) is 0 Å². The van der Waals surface area contributed by atoms with Crippen molar-refractivity contribution in [2.75, 3.05) is 0 Å². The number of hydrogen-bond acceptors (Lipinski definition) is 1. The second kappa shape index (κ2) is 6.83. The van der Waals surface area contributed by atoms with Crippen molar-refractivity contribution in [2.24, 2.45) is 5.92 Å². The van der Waals surface area contributed by atoms with Crippen molar-refractivity contribution in [2.45, 2.75) is 39.0 Å². The first-order chi connectivity index (χ1) is 10.8. The van der Waals surface area contributed by atoms with Crippen LogP contribution in [0.2, 0.25) is 0 Å². The normalized spacial score (nSPS) is 16.6. The van der Waals surface area contributed by atoms with Crippen LogP contribution in [0.1, 0.15) is 50.2 Å². The highest BCUT2D eigenvalue weighted by Crippen LogP contribution is 2.39. The Hall–Kier alpha value is -2.02. The van der Waals surface area contributed by atoms with E-state index in [1.54, 1.807) is 17.7 Å². The quantitative estimate of drug-likeness (QED) is 0.755. The van der Waals surface area contributed by atoms with Gasteiger partial charge in [-0.1, -0.05) is 67.8 Å². The smallest absolute Gasteiger partial charge is 0.115 e. The third-order valence-corrected chi connectivity index (χ3v) is 4.77. The summed E-state index contributed by atoms with van der Waals surface area (Å²) in [6.45, 7) is 2.27. The maximum Gasteiger partial charge on any atom is 0.115 e. The molecule has 0 bridgehead atoms. The molecule has 1 N–H and O–H groups in total. The van der Waals surface area contributed by atoms with Crippen molar-refractivity contribution in [1.29, 1.82) is 0 Å². The molecule has 1 fully saturated rings. The first-order valence-corrected chi connectivity index (χ1v) is 8.37. The first kappa shape index (κ1) is 14.9. The van der Waals surface area contributed by atoms with Gasteiger partial charge in [0.25, 0.3) is 0 Å². The van der Waals surface area contributed by atoms with E-state index in [0.29, 0.717) is 11.7 Å². The molecule has 2 aromatic carbocycles. The van der Waals surface area contributed by atoms with Crippen molar-refractivity contribution >= 4 is 5.57 Å². The molecular formula is C21H24O. The van der Waals surface area contributed by atoms with Gasteiger partial charge < -0.3 is 5.11 Å². The van der Waals surface area contributed by atoms with Crippen LogP contribution in [0.4, 0.5) is 0 Å². The minimum absolute atomic E-state index is 0.329. The second-order valence-corrected chi connectivity index (χ2v) is 6.15. The van der Waals surface area contributed by atoms with Crippen molar-refractivity contribution in [3.05, 3.63) is 71.3 Å². The molecule has 2 aromatic rings. The summed E-state index contributed by atoms with van der Waals surface area (Å²) in [6, 6.07) is 18.4.